The first-order valence-corrected chi connectivity index (χ1v) is 11.1. The Hall–Kier alpha value is -0.800. The molecule has 0 saturated carbocycles. The van der Waals surface area contributed by atoms with Gasteiger partial charge in [0, 0.05) is 25.6 Å². The van der Waals surface area contributed by atoms with Crippen molar-refractivity contribution in [2.45, 2.75) is 71.4 Å². The Labute approximate surface area is 194 Å². The van der Waals surface area contributed by atoms with Crippen LogP contribution in [-0.2, 0) is 11.2 Å². The molecule has 2 atom stereocenters. The van der Waals surface area contributed by atoms with E-state index in [4.69, 9.17) is 14.1 Å². The van der Waals surface area contributed by atoms with Crippen LogP contribution in [0, 0.1) is 0 Å². The summed E-state index contributed by atoms with van der Waals surface area (Å²) >= 11 is 0. The van der Waals surface area contributed by atoms with Crippen LogP contribution in [0.3, 0.4) is 0 Å². The van der Waals surface area contributed by atoms with Gasteiger partial charge in [-0.3, -0.25) is 4.99 Å². The number of hydrogen-bond donors (Lipinski definition) is 2. The number of furan rings is 1. The molecule has 1 aliphatic heterocycles. The third-order valence-corrected chi connectivity index (χ3v) is 5.36. The van der Waals surface area contributed by atoms with Gasteiger partial charge in [0.2, 0.25) is 0 Å². The maximum atomic E-state index is 5.83. The number of nitrogens with one attached hydrogen (secondary N) is 2. The van der Waals surface area contributed by atoms with Crippen molar-refractivity contribution < 1.29 is 9.15 Å². The quantitative estimate of drug-likeness (QED) is 0.247. The molecule has 0 aliphatic carbocycles. The topological polar surface area (TPSA) is 62.0 Å². The van der Waals surface area contributed by atoms with E-state index in [2.05, 4.69) is 36.3 Å². The third kappa shape index (κ3) is 11.2. The fraction of sp³-hybridized carbons (Fsp3) is 0.773. The van der Waals surface area contributed by atoms with Gasteiger partial charge in [-0.15, -0.1) is 24.0 Å². The summed E-state index contributed by atoms with van der Waals surface area (Å²) in [6.07, 6.45) is 8.70. The van der Waals surface area contributed by atoms with E-state index < -0.39 is 0 Å². The van der Waals surface area contributed by atoms with Crippen molar-refractivity contribution in [3.05, 3.63) is 24.2 Å². The van der Waals surface area contributed by atoms with Crippen LogP contribution >= 0.6 is 24.0 Å². The fourth-order valence-electron chi connectivity index (χ4n) is 3.52. The summed E-state index contributed by atoms with van der Waals surface area (Å²) in [7, 11) is 0. The molecule has 2 heterocycles. The molecule has 1 saturated heterocycles. The van der Waals surface area contributed by atoms with E-state index in [-0.39, 0.29) is 30.1 Å². The van der Waals surface area contributed by atoms with Gasteiger partial charge in [0.25, 0.3) is 0 Å². The largest absolute Gasteiger partial charge is 0.469 e. The van der Waals surface area contributed by atoms with E-state index in [0.29, 0.717) is 6.04 Å². The molecule has 0 bridgehead atoms. The lowest BCUT2D eigenvalue weighted by atomic mass is 10.1. The van der Waals surface area contributed by atoms with Crippen LogP contribution in [-0.4, -0.2) is 62.3 Å². The van der Waals surface area contributed by atoms with E-state index in [1.807, 2.05) is 12.1 Å². The number of guanidine groups is 1. The van der Waals surface area contributed by atoms with Crippen molar-refractivity contribution >= 4 is 29.9 Å². The molecule has 0 spiro atoms. The summed E-state index contributed by atoms with van der Waals surface area (Å²) in [6.45, 7) is 12.5. The van der Waals surface area contributed by atoms with Crippen LogP contribution < -0.4 is 10.6 Å². The first-order valence-electron chi connectivity index (χ1n) is 11.1. The molecule has 2 unspecified atom stereocenters. The predicted molar refractivity (Wildman–Crippen MR) is 131 cm³/mol. The van der Waals surface area contributed by atoms with Crippen molar-refractivity contribution in [2.75, 3.05) is 39.3 Å². The monoisotopic (exact) mass is 520 g/mol. The minimum atomic E-state index is 0. The lowest BCUT2D eigenvalue weighted by Crippen LogP contribution is -2.44. The van der Waals surface area contributed by atoms with Gasteiger partial charge in [-0.25, -0.2) is 0 Å². The van der Waals surface area contributed by atoms with Crippen molar-refractivity contribution in [1.82, 2.24) is 15.5 Å². The number of ether oxygens (including phenoxy) is 1. The molecule has 2 N–H and O–H groups in total. The predicted octanol–water partition coefficient (Wildman–Crippen LogP) is 4.05. The van der Waals surface area contributed by atoms with Gasteiger partial charge >= 0.3 is 0 Å². The van der Waals surface area contributed by atoms with Gasteiger partial charge in [-0.2, -0.15) is 0 Å². The highest BCUT2D eigenvalue weighted by molar-refractivity contribution is 14.0. The molecule has 0 radical (unpaired) electrons. The highest BCUT2D eigenvalue weighted by Crippen LogP contribution is 2.12. The van der Waals surface area contributed by atoms with Gasteiger partial charge in [-0.1, -0.05) is 13.8 Å². The number of nitrogens with zero attached hydrogens (tertiary/aromatic N) is 2. The Kier molecular flexibility index (Phi) is 14.4. The zero-order chi connectivity index (χ0) is 20.0. The average Bonchev–Trinajstić information content (AvgIpc) is 3.23. The highest BCUT2D eigenvalue weighted by atomic mass is 127. The van der Waals surface area contributed by atoms with Crippen LogP contribution in [0.1, 0.15) is 58.6 Å². The van der Waals surface area contributed by atoms with Gasteiger partial charge in [0.05, 0.1) is 18.9 Å². The van der Waals surface area contributed by atoms with Crippen LogP contribution in [0.4, 0.5) is 0 Å². The van der Waals surface area contributed by atoms with Crippen LogP contribution in [0.25, 0.3) is 0 Å². The molecule has 0 amide bonds. The summed E-state index contributed by atoms with van der Waals surface area (Å²) in [4.78, 5) is 7.29. The average molecular weight is 521 g/mol. The number of halogens is 1. The minimum absolute atomic E-state index is 0. The molecule has 1 aromatic heterocycles. The molecule has 2 rings (SSSR count). The number of hydrogen-bond acceptors (Lipinski definition) is 4. The molecule has 1 aliphatic rings. The molecule has 29 heavy (non-hydrogen) atoms. The Morgan fingerprint density at radius 2 is 2.14 bits per heavy atom. The molecule has 0 aromatic carbocycles. The number of aliphatic imine (C=N–C) groups is 1. The van der Waals surface area contributed by atoms with Crippen molar-refractivity contribution in [1.29, 1.82) is 0 Å². The second kappa shape index (κ2) is 16.0. The van der Waals surface area contributed by atoms with Crippen LogP contribution in [0.15, 0.2) is 27.8 Å². The standard InChI is InChI=1S/C22H40N4O2.HI/c1-4-26(5-2)15-8-10-19(3)25-22(23-14-13-20-12-9-17-27-20)24-18-21-11-6-7-16-28-21;/h9,12,17,19,21H,4-8,10-11,13-16,18H2,1-3H3,(H2,23,24,25);1H. The Morgan fingerprint density at radius 1 is 1.31 bits per heavy atom. The van der Waals surface area contributed by atoms with E-state index in [0.717, 1.165) is 70.3 Å². The first-order chi connectivity index (χ1) is 13.7. The normalized spacial score (nSPS) is 18.3. The lowest BCUT2D eigenvalue weighted by molar-refractivity contribution is 0.0224. The third-order valence-electron chi connectivity index (χ3n) is 5.36. The smallest absolute Gasteiger partial charge is 0.191 e. The zero-order valence-electron chi connectivity index (χ0n) is 18.5. The molecule has 1 aromatic rings. The Morgan fingerprint density at radius 3 is 2.79 bits per heavy atom. The summed E-state index contributed by atoms with van der Waals surface area (Å²) in [5.74, 6) is 1.88. The lowest BCUT2D eigenvalue weighted by Gasteiger charge is -2.23. The Balaban J connectivity index is 0.00000420. The molecule has 1 fully saturated rings. The first kappa shape index (κ1) is 26.2. The molecular formula is C22H41IN4O2. The van der Waals surface area contributed by atoms with Crippen molar-refractivity contribution in [3.63, 3.8) is 0 Å². The van der Waals surface area contributed by atoms with Gasteiger partial charge in [0.1, 0.15) is 5.76 Å². The van der Waals surface area contributed by atoms with Crippen LogP contribution in [0.2, 0.25) is 0 Å². The van der Waals surface area contributed by atoms with Gasteiger partial charge < -0.3 is 24.7 Å². The van der Waals surface area contributed by atoms with Gasteiger partial charge in [0.15, 0.2) is 5.96 Å². The summed E-state index contributed by atoms with van der Waals surface area (Å²) in [5, 5.41) is 7.04. The maximum Gasteiger partial charge on any atom is 0.191 e. The van der Waals surface area contributed by atoms with Crippen molar-refractivity contribution in [2.24, 2.45) is 4.99 Å². The second-order valence-corrected chi connectivity index (χ2v) is 7.65. The molecule has 6 nitrogen and oxygen atoms in total. The minimum Gasteiger partial charge on any atom is -0.469 e. The highest BCUT2D eigenvalue weighted by Gasteiger charge is 2.14. The Bertz CT molecular complexity index is 529. The van der Waals surface area contributed by atoms with Crippen molar-refractivity contribution in [3.8, 4) is 0 Å². The fourth-order valence-corrected chi connectivity index (χ4v) is 3.52. The van der Waals surface area contributed by atoms with Gasteiger partial charge in [-0.05, 0) is 70.8 Å². The van der Waals surface area contributed by atoms with E-state index in [9.17, 15) is 0 Å². The van der Waals surface area contributed by atoms with E-state index in [1.165, 1.54) is 19.3 Å². The van der Waals surface area contributed by atoms with E-state index >= 15 is 0 Å². The summed E-state index contributed by atoms with van der Waals surface area (Å²) in [6, 6.07) is 4.33. The second-order valence-electron chi connectivity index (χ2n) is 7.65. The van der Waals surface area contributed by atoms with E-state index in [1.54, 1.807) is 6.26 Å². The maximum absolute atomic E-state index is 5.83. The SMILES string of the molecule is CCN(CC)CCCC(C)NC(=NCC1CCCCO1)NCCc1ccco1.I. The van der Waals surface area contributed by atoms with Crippen LogP contribution in [0.5, 0.6) is 0 Å². The summed E-state index contributed by atoms with van der Waals surface area (Å²) in [5.41, 5.74) is 0. The number of rotatable bonds is 12. The molecule has 168 valence electrons. The molecule has 7 heteroatoms. The summed E-state index contributed by atoms with van der Waals surface area (Å²) < 4.78 is 11.3. The molecular weight excluding hydrogens is 479 g/mol. The zero-order valence-corrected chi connectivity index (χ0v) is 20.8.